The van der Waals surface area contributed by atoms with Crippen LogP contribution in [0.15, 0.2) is 29.6 Å². The van der Waals surface area contributed by atoms with Gasteiger partial charge in [-0.2, -0.15) is 0 Å². The molecule has 0 aliphatic heterocycles. The SMILES string of the molecule is Cc1ccc(C(Cl)c2sccc2C)c(C)c1. The average Bonchev–Trinajstić information content (AvgIpc) is 2.63. The molecule has 0 saturated heterocycles. The average molecular weight is 251 g/mol. The van der Waals surface area contributed by atoms with Gasteiger partial charge < -0.3 is 0 Å². The number of benzene rings is 1. The number of thiophene rings is 1. The minimum absolute atomic E-state index is 0.0133. The molecule has 0 N–H and O–H groups in total. The Morgan fingerprint density at radius 3 is 2.38 bits per heavy atom. The van der Waals surface area contributed by atoms with Gasteiger partial charge in [0.15, 0.2) is 0 Å². The fourth-order valence-electron chi connectivity index (χ4n) is 1.90. The normalized spacial score (nSPS) is 12.8. The zero-order valence-corrected chi connectivity index (χ0v) is 11.3. The number of halogens is 1. The van der Waals surface area contributed by atoms with Crippen LogP contribution in [0, 0.1) is 20.8 Å². The van der Waals surface area contributed by atoms with Crippen molar-refractivity contribution in [3.63, 3.8) is 0 Å². The Labute approximate surface area is 106 Å². The van der Waals surface area contributed by atoms with E-state index in [0.29, 0.717) is 0 Å². The van der Waals surface area contributed by atoms with E-state index in [2.05, 4.69) is 50.4 Å². The molecule has 0 bridgehead atoms. The Morgan fingerprint density at radius 2 is 1.81 bits per heavy atom. The summed E-state index contributed by atoms with van der Waals surface area (Å²) in [6.45, 7) is 6.35. The summed E-state index contributed by atoms with van der Waals surface area (Å²) in [5.74, 6) is 0. The van der Waals surface area contributed by atoms with Crippen molar-refractivity contribution in [2.24, 2.45) is 0 Å². The summed E-state index contributed by atoms with van der Waals surface area (Å²) in [7, 11) is 0. The first-order chi connectivity index (χ1) is 7.59. The van der Waals surface area contributed by atoms with Crippen LogP contribution in [0.3, 0.4) is 0 Å². The Kier molecular flexibility index (Phi) is 3.36. The van der Waals surface area contributed by atoms with Gasteiger partial charge in [-0.25, -0.2) is 0 Å². The Morgan fingerprint density at radius 1 is 1.06 bits per heavy atom. The van der Waals surface area contributed by atoms with Gasteiger partial charge in [0.25, 0.3) is 0 Å². The molecular weight excluding hydrogens is 236 g/mol. The molecule has 84 valence electrons. The van der Waals surface area contributed by atoms with Crippen molar-refractivity contribution in [3.05, 3.63) is 56.8 Å². The topological polar surface area (TPSA) is 0 Å². The molecule has 1 heterocycles. The number of rotatable bonds is 2. The van der Waals surface area contributed by atoms with E-state index < -0.39 is 0 Å². The molecule has 0 aliphatic rings. The van der Waals surface area contributed by atoms with Crippen molar-refractivity contribution < 1.29 is 0 Å². The maximum atomic E-state index is 6.55. The van der Waals surface area contributed by atoms with Crippen LogP contribution >= 0.6 is 22.9 Å². The lowest BCUT2D eigenvalue weighted by Crippen LogP contribution is -1.96. The standard InChI is InChI=1S/C14H15ClS/c1-9-4-5-12(11(3)8-9)13(15)14-10(2)6-7-16-14/h4-8,13H,1-3H3. The summed E-state index contributed by atoms with van der Waals surface area (Å²) < 4.78 is 0. The second kappa shape index (κ2) is 4.60. The van der Waals surface area contributed by atoms with Crippen molar-refractivity contribution in [2.45, 2.75) is 26.1 Å². The first-order valence-electron chi connectivity index (χ1n) is 5.35. The van der Waals surface area contributed by atoms with Gasteiger partial charge in [0.05, 0.1) is 5.38 Å². The van der Waals surface area contributed by atoms with Gasteiger partial charge in [-0.05, 0) is 48.9 Å². The minimum Gasteiger partial charge on any atom is -0.147 e. The van der Waals surface area contributed by atoms with Crippen LogP contribution in [-0.2, 0) is 0 Å². The zero-order chi connectivity index (χ0) is 11.7. The lowest BCUT2D eigenvalue weighted by Gasteiger charge is -2.13. The monoisotopic (exact) mass is 250 g/mol. The number of alkyl halides is 1. The van der Waals surface area contributed by atoms with E-state index in [1.54, 1.807) is 11.3 Å². The van der Waals surface area contributed by atoms with Gasteiger partial charge in [-0.15, -0.1) is 22.9 Å². The van der Waals surface area contributed by atoms with Crippen molar-refractivity contribution >= 4 is 22.9 Å². The molecule has 1 atom stereocenters. The molecule has 16 heavy (non-hydrogen) atoms. The molecule has 2 heteroatoms. The van der Waals surface area contributed by atoms with Crippen LogP contribution in [0.5, 0.6) is 0 Å². The van der Waals surface area contributed by atoms with Gasteiger partial charge in [0.2, 0.25) is 0 Å². The summed E-state index contributed by atoms with van der Waals surface area (Å²) in [5.41, 5.74) is 5.06. The highest BCUT2D eigenvalue weighted by Gasteiger charge is 2.16. The largest absolute Gasteiger partial charge is 0.147 e. The smallest absolute Gasteiger partial charge is 0.0932 e. The molecule has 0 nitrogen and oxygen atoms in total. The van der Waals surface area contributed by atoms with E-state index in [0.717, 1.165) is 0 Å². The zero-order valence-electron chi connectivity index (χ0n) is 9.75. The highest BCUT2D eigenvalue weighted by atomic mass is 35.5. The molecule has 0 amide bonds. The lowest BCUT2D eigenvalue weighted by atomic mass is 10.0. The van der Waals surface area contributed by atoms with Crippen LogP contribution in [0.4, 0.5) is 0 Å². The highest BCUT2D eigenvalue weighted by Crippen LogP contribution is 2.36. The summed E-state index contributed by atoms with van der Waals surface area (Å²) >= 11 is 8.28. The van der Waals surface area contributed by atoms with Crippen LogP contribution in [0.2, 0.25) is 0 Å². The molecule has 2 rings (SSSR count). The van der Waals surface area contributed by atoms with Gasteiger partial charge in [0, 0.05) is 4.88 Å². The summed E-state index contributed by atoms with van der Waals surface area (Å²) in [6, 6.07) is 8.58. The van der Waals surface area contributed by atoms with E-state index in [1.165, 1.54) is 27.1 Å². The van der Waals surface area contributed by atoms with Gasteiger partial charge in [-0.3, -0.25) is 0 Å². The fraction of sp³-hybridized carbons (Fsp3) is 0.286. The van der Waals surface area contributed by atoms with E-state index in [9.17, 15) is 0 Å². The van der Waals surface area contributed by atoms with Crippen LogP contribution in [0.25, 0.3) is 0 Å². The Bertz CT molecular complexity index is 499. The van der Waals surface area contributed by atoms with E-state index >= 15 is 0 Å². The fourth-order valence-corrected chi connectivity index (χ4v) is 3.39. The summed E-state index contributed by atoms with van der Waals surface area (Å²) in [5, 5.41) is 2.09. The van der Waals surface area contributed by atoms with Crippen LogP contribution < -0.4 is 0 Å². The Balaban J connectivity index is 2.41. The molecule has 0 aliphatic carbocycles. The molecular formula is C14H15ClS. The highest BCUT2D eigenvalue weighted by molar-refractivity contribution is 7.10. The van der Waals surface area contributed by atoms with E-state index in [4.69, 9.17) is 11.6 Å². The second-order valence-electron chi connectivity index (χ2n) is 4.19. The third kappa shape index (κ3) is 2.16. The Hall–Kier alpha value is -0.790. The molecule has 0 saturated carbocycles. The number of aryl methyl sites for hydroxylation is 3. The maximum absolute atomic E-state index is 6.55. The third-order valence-corrected chi connectivity index (χ3v) is 4.50. The van der Waals surface area contributed by atoms with Crippen molar-refractivity contribution in [3.8, 4) is 0 Å². The van der Waals surface area contributed by atoms with Crippen molar-refractivity contribution in [2.75, 3.05) is 0 Å². The predicted molar refractivity (Wildman–Crippen MR) is 72.7 cm³/mol. The number of hydrogen-bond acceptors (Lipinski definition) is 1. The van der Waals surface area contributed by atoms with Gasteiger partial charge in [0.1, 0.15) is 0 Å². The minimum atomic E-state index is -0.0133. The first-order valence-corrected chi connectivity index (χ1v) is 6.66. The van der Waals surface area contributed by atoms with Gasteiger partial charge >= 0.3 is 0 Å². The second-order valence-corrected chi connectivity index (χ2v) is 5.57. The lowest BCUT2D eigenvalue weighted by molar-refractivity contribution is 1.12. The predicted octanol–water partition coefficient (Wildman–Crippen LogP) is 5.00. The van der Waals surface area contributed by atoms with Crippen LogP contribution in [0.1, 0.15) is 32.5 Å². The quantitative estimate of drug-likeness (QED) is 0.658. The van der Waals surface area contributed by atoms with Crippen molar-refractivity contribution in [1.29, 1.82) is 0 Å². The molecule has 0 spiro atoms. The molecule has 1 unspecified atom stereocenters. The molecule has 0 radical (unpaired) electrons. The third-order valence-electron chi connectivity index (χ3n) is 2.83. The number of hydrogen-bond donors (Lipinski definition) is 0. The van der Waals surface area contributed by atoms with Gasteiger partial charge in [-0.1, -0.05) is 23.8 Å². The maximum Gasteiger partial charge on any atom is 0.0932 e. The van der Waals surface area contributed by atoms with E-state index in [-0.39, 0.29) is 5.38 Å². The van der Waals surface area contributed by atoms with Crippen molar-refractivity contribution in [1.82, 2.24) is 0 Å². The van der Waals surface area contributed by atoms with E-state index in [1.807, 2.05) is 0 Å². The molecule has 0 fully saturated rings. The summed E-state index contributed by atoms with van der Waals surface area (Å²) in [6.07, 6.45) is 0. The van der Waals surface area contributed by atoms with Crippen LogP contribution in [-0.4, -0.2) is 0 Å². The molecule has 2 aromatic rings. The first kappa shape index (κ1) is 11.7. The molecule has 1 aromatic carbocycles. The summed E-state index contributed by atoms with van der Waals surface area (Å²) in [4.78, 5) is 1.26. The molecule has 1 aromatic heterocycles.